The van der Waals surface area contributed by atoms with Gasteiger partial charge in [0.05, 0.1) is 11.2 Å². The maximum atomic E-state index is 12.0. The maximum Gasteiger partial charge on any atom is 0.246 e. The highest BCUT2D eigenvalue weighted by molar-refractivity contribution is 7.14. The molecule has 1 aliphatic rings. The summed E-state index contributed by atoms with van der Waals surface area (Å²) >= 11 is 1.48. The molecule has 1 heterocycles. The Balaban J connectivity index is 2.01. The van der Waals surface area contributed by atoms with E-state index in [1.807, 2.05) is 19.2 Å². The monoisotopic (exact) mass is 253 g/mol. The minimum Gasteiger partial charge on any atom is -0.317 e. The Morgan fingerprint density at radius 3 is 2.76 bits per heavy atom. The van der Waals surface area contributed by atoms with Gasteiger partial charge in [-0.25, -0.2) is 4.98 Å². The molecular weight excluding hydrogens is 234 g/mol. The molecule has 1 aromatic heterocycles. The van der Waals surface area contributed by atoms with Crippen LogP contribution in [-0.4, -0.2) is 16.4 Å². The summed E-state index contributed by atoms with van der Waals surface area (Å²) in [4.78, 5) is 16.4. The van der Waals surface area contributed by atoms with Crippen molar-refractivity contribution in [2.24, 2.45) is 5.73 Å². The van der Waals surface area contributed by atoms with Crippen molar-refractivity contribution < 1.29 is 4.79 Å². The van der Waals surface area contributed by atoms with E-state index in [1.54, 1.807) is 0 Å². The van der Waals surface area contributed by atoms with Gasteiger partial charge in [0.15, 0.2) is 5.13 Å². The SMILES string of the molecule is CCC(N)(CC)C(=O)Nc1nc(C2CC2)cs1. The largest absolute Gasteiger partial charge is 0.317 e. The lowest BCUT2D eigenvalue weighted by molar-refractivity contribution is -0.121. The normalized spacial score (nSPS) is 15.9. The molecule has 5 heteroatoms. The van der Waals surface area contributed by atoms with Crippen LogP contribution in [0.5, 0.6) is 0 Å². The van der Waals surface area contributed by atoms with Crippen molar-refractivity contribution in [3.8, 4) is 0 Å². The Morgan fingerprint density at radius 2 is 2.24 bits per heavy atom. The van der Waals surface area contributed by atoms with Gasteiger partial charge in [0.25, 0.3) is 0 Å². The van der Waals surface area contributed by atoms with Crippen LogP contribution in [-0.2, 0) is 4.79 Å². The molecule has 3 N–H and O–H groups in total. The molecule has 1 aromatic rings. The molecule has 94 valence electrons. The van der Waals surface area contributed by atoms with Crippen LogP contribution in [0.2, 0.25) is 0 Å². The van der Waals surface area contributed by atoms with Crippen molar-refractivity contribution in [2.45, 2.75) is 51.0 Å². The smallest absolute Gasteiger partial charge is 0.246 e. The summed E-state index contributed by atoms with van der Waals surface area (Å²) < 4.78 is 0. The van der Waals surface area contributed by atoms with E-state index in [0.29, 0.717) is 23.9 Å². The minimum atomic E-state index is -0.772. The van der Waals surface area contributed by atoms with Crippen molar-refractivity contribution in [3.05, 3.63) is 11.1 Å². The summed E-state index contributed by atoms with van der Waals surface area (Å²) in [7, 11) is 0. The molecule has 1 saturated carbocycles. The van der Waals surface area contributed by atoms with Gasteiger partial charge in [-0.2, -0.15) is 0 Å². The Labute approximate surface area is 106 Å². The summed E-state index contributed by atoms with van der Waals surface area (Å²) in [5.41, 5.74) is 6.37. The predicted molar refractivity (Wildman–Crippen MR) is 70.2 cm³/mol. The number of nitrogens with one attached hydrogen (secondary N) is 1. The number of nitrogens with two attached hydrogens (primary N) is 1. The number of aromatic nitrogens is 1. The number of hydrogen-bond acceptors (Lipinski definition) is 4. The number of thiazole rings is 1. The van der Waals surface area contributed by atoms with Gasteiger partial charge in [-0.15, -0.1) is 11.3 Å². The average molecular weight is 253 g/mol. The van der Waals surface area contributed by atoms with E-state index >= 15 is 0 Å². The Kier molecular flexibility index (Phi) is 3.49. The zero-order chi connectivity index (χ0) is 12.5. The fraction of sp³-hybridized carbons (Fsp3) is 0.667. The van der Waals surface area contributed by atoms with E-state index < -0.39 is 5.54 Å². The van der Waals surface area contributed by atoms with Crippen LogP contribution in [0.4, 0.5) is 5.13 Å². The molecule has 0 bridgehead atoms. The summed E-state index contributed by atoms with van der Waals surface area (Å²) in [6, 6.07) is 0. The van der Waals surface area contributed by atoms with Gasteiger partial charge >= 0.3 is 0 Å². The molecule has 0 spiro atoms. The van der Waals surface area contributed by atoms with Gasteiger partial charge in [0.2, 0.25) is 5.91 Å². The maximum absolute atomic E-state index is 12.0. The second-order valence-electron chi connectivity index (χ2n) is 4.67. The van der Waals surface area contributed by atoms with Crippen LogP contribution in [0.3, 0.4) is 0 Å². The van der Waals surface area contributed by atoms with E-state index in [2.05, 4.69) is 10.3 Å². The molecule has 0 aliphatic heterocycles. The second kappa shape index (κ2) is 4.74. The molecule has 17 heavy (non-hydrogen) atoms. The van der Waals surface area contributed by atoms with Crippen molar-refractivity contribution in [1.82, 2.24) is 4.98 Å². The summed E-state index contributed by atoms with van der Waals surface area (Å²) in [6.45, 7) is 3.86. The van der Waals surface area contributed by atoms with E-state index in [-0.39, 0.29) is 5.91 Å². The lowest BCUT2D eigenvalue weighted by Crippen LogP contribution is -2.50. The van der Waals surface area contributed by atoms with Gasteiger partial charge in [-0.1, -0.05) is 13.8 Å². The molecule has 4 nitrogen and oxygen atoms in total. The number of carbonyl (C=O) groups excluding carboxylic acids is 1. The predicted octanol–water partition coefficient (Wildman–Crippen LogP) is 2.48. The lowest BCUT2D eigenvalue weighted by Gasteiger charge is -2.24. The number of amides is 1. The second-order valence-corrected chi connectivity index (χ2v) is 5.53. The molecule has 0 radical (unpaired) electrons. The quantitative estimate of drug-likeness (QED) is 0.847. The first-order valence-corrected chi connectivity index (χ1v) is 7.02. The van der Waals surface area contributed by atoms with Crippen LogP contribution in [0, 0.1) is 0 Å². The molecule has 1 amide bonds. The first-order valence-electron chi connectivity index (χ1n) is 6.15. The van der Waals surface area contributed by atoms with Crippen LogP contribution in [0.25, 0.3) is 0 Å². The van der Waals surface area contributed by atoms with Crippen LogP contribution in [0.1, 0.15) is 51.1 Å². The van der Waals surface area contributed by atoms with Gasteiger partial charge < -0.3 is 11.1 Å². The molecule has 0 saturated heterocycles. The molecular formula is C12H19N3OS. The third kappa shape index (κ3) is 2.66. The zero-order valence-electron chi connectivity index (χ0n) is 10.3. The van der Waals surface area contributed by atoms with Crippen molar-refractivity contribution in [2.75, 3.05) is 5.32 Å². The van der Waals surface area contributed by atoms with Crippen LogP contribution < -0.4 is 11.1 Å². The minimum absolute atomic E-state index is 0.126. The molecule has 1 fully saturated rings. The molecule has 0 unspecified atom stereocenters. The van der Waals surface area contributed by atoms with Gasteiger partial charge in [0.1, 0.15) is 0 Å². The van der Waals surface area contributed by atoms with E-state index in [0.717, 1.165) is 5.69 Å². The number of nitrogens with zero attached hydrogens (tertiary/aromatic N) is 1. The Hall–Kier alpha value is -0.940. The topological polar surface area (TPSA) is 68.0 Å². The van der Waals surface area contributed by atoms with Crippen LogP contribution >= 0.6 is 11.3 Å². The van der Waals surface area contributed by atoms with Gasteiger partial charge in [-0.3, -0.25) is 4.79 Å². The molecule has 1 aliphatic carbocycles. The van der Waals surface area contributed by atoms with Crippen LogP contribution in [0.15, 0.2) is 5.38 Å². The van der Waals surface area contributed by atoms with Gasteiger partial charge in [0, 0.05) is 11.3 Å². The first kappa shape index (κ1) is 12.5. The zero-order valence-corrected chi connectivity index (χ0v) is 11.1. The first-order chi connectivity index (χ1) is 8.09. The van der Waals surface area contributed by atoms with Crippen molar-refractivity contribution in [3.63, 3.8) is 0 Å². The summed E-state index contributed by atoms with van der Waals surface area (Å²) in [5.74, 6) is 0.496. The fourth-order valence-corrected chi connectivity index (χ4v) is 2.49. The highest BCUT2D eigenvalue weighted by Gasteiger charge is 2.31. The lowest BCUT2D eigenvalue weighted by atomic mass is 9.93. The number of carbonyl (C=O) groups is 1. The van der Waals surface area contributed by atoms with Crippen molar-refractivity contribution >= 4 is 22.4 Å². The highest BCUT2D eigenvalue weighted by Crippen LogP contribution is 2.40. The third-order valence-corrected chi connectivity index (χ3v) is 4.23. The summed E-state index contributed by atoms with van der Waals surface area (Å²) in [6.07, 6.45) is 3.72. The third-order valence-electron chi connectivity index (χ3n) is 3.45. The van der Waals surface area contributed by atoms with E-state index in [9.17, 15) is 4.79 Å². The molecule has 0 atom stereocenters. The Bertz CT molecular complexity index is 408. The fourth-order valence-electron chi connectivity index (χ4n) is 1.70. The van der Waals surface area contributed by atoms with Gasteiger partial charge in [-0.05, 0) is 25.7 Å². The Morgan fingerprint density at radius 1 is 1.59 bits per heavy atom. The average Bonchev–Trinajstić information content (AvgIpc) is 3.09. The summed E-state index contributed by atoms with van der Waals surface area (Å²) in [5, 5.41) is 5.54. The number of anilines is 1. The number of hydrogen-bond donors (Lipinski definition) is 2. The standard InChI is InChI=1S/C12H19N3OS/c1-3-12(13,4-2)10(16)15-11-14-9(7-17-11)8-5-6-8/h7-8H,3-6,13H2,1-2H3,(H,14,15,16). The van der Waals surface area contributed by atoms with E-state index in [1.165, 1.54) is 24.2 Å². The molecule has 0 aromatic carbocycles. The van der Waals surface area contributed by atoms with Crippen molar-refractivity contribution in [1.29, 1.82) is 0 Å². The van der Waals surface area contributed by atoms with E-state index in [4.69, 9.17) is 5.73 Å². The molecule has 2 rings (SSSR count). The highest BCUT2D eigenvalue weighted by atomic mass is 32.1. The number of rotatable bonds is 5.